The zero-order chi connectivity index (χ0) is 14.7. The van der Waals surface area contributed by atoms with E-state index in [9.17, 15) is 9.18 Å². The second-order valence-electron chi connectivity index (χ2n) is 4.15. The molecule has 106 valence electrons. The molecule has 5 nitrogen and oxygen atoms in total. The molecule has 0 atom stereocenters. The van der Waals surface area contributed by atoms with Crippen LogP contribution in [0.1, 0.15) is 21.8 Å². The Bertz CT molecular complexity index is 643. The number of nitrogens with zero attached hydrogens (tertiary/aromatic N) is 1. The number of amides is 1. The van der Waals surface area contributed by atoms with E-state index < -0.39 is 5.91 Å². The fourth-order valence-corrected chi connectivity index (χ4v) is 1.94. The Morgan fingerprint density at radius 3 is 2.95 bits per heavy atom. The van der Waals surface area contributed by atoms with Gasteiger partial charge in [0, 0.05) is 18.9 Å². The van der Waals surface area contributed by atoms with Gasteiger partial charge in [0.25, 0.3) is 5.91 Å². The number of hydrogen-bond donors (Lipinski definition) is 1. The maximum absolute atomic E-state index is 13.3. The third-order valence-corrected chi connectivity index (χ3v) is 3.20. The van der Waals surface area contributed by atoms with Gasteiger partial charge in [-0.15, -0.1) is 0 Å². The highest BCUT2D eigenvalue weighted by atomic mass is 79.9. The Labute approximate surface area is 123 Å². The number of methoxy groups -OCH3 is 1. The van der Waals surface area contributed by atoms with E-state index in [2.05, 4.69) is 26.4 Å². The van der Waals surface area contributed by atoms with Gasteiger partial charge >= 0.3 is 0 Å². The molecule has 0 aliphatic carbocycles. The summed E-state index contributed by atoms with van der Waals surface area (Å²) in [7, 11) is 1.52. The normalized spacial score (nSPS) is 10.6. The molecular formula is C13H12BrFN2O3. The predicted molar refractivity (Wildman–Crippen MR) is 74.0 cm³/mol. The number of rotatable bonds is 4. The molecule has 0 aliphatic heterocycles. The average Bonchev–Trinajstić information content (AvgIpc) is 2.85. The monoisotopic (exact) mass is 342 g/mol. The topological polar surface area (TPSA) is 64.4 Å². The van der Waals surface area contributed by atoms with Gasteiger partial charge in [-0.1, -0.05) is 5.16 Å². The molecule has 7 heteroatoms. The minimum Gasteiger partial charge on any atom is -0.377 e. The van der Waals surface area contributed by atoms with E-state index in [1.165, 1.54) is 25.3 Å². The Morgan fingerprint density at radius 2 is 2.25 bits per heavy atom. The number of aryl methyl sites for hydroxylation is 1. The first-order chi connectivity index (χ1) is 9.51. The lowest BCUT2D eigenvalue weighted by Crippen LogP contribution is -2.13. The SMILES string of the molecule is COCc1cc(C(=O)Nc2cc(Br)c(F)cc2C)no1. The third-order valence-electron chi connectivity index (χ3n) is 2.59. The maximum atomic E-state index is 13.3. The van der Waals surface area contributed by atoms with Crippen LogP contribution in [0.15, 0.2) is 27.2 Å². The molecule has 1 N–H and O–H groups in total. The zero-order valence-corrected chi connectivity index (χ0v) is 12.5. The zero-order valence-electron chi connectivity index (χ0n) is 10.9. The van der Waals surface area contributed by atoms with Gasteiger partial charge in [-0.2, -0.15) is 0 Å². The van der Waals surface area contributed by atoms with E-state index in [-0.39, 0.29) is 22.6 Å². The van der Waals surface area contributed by atoms with Crippen molar-refractivity contribution in [3.05, 3.63) is 45.5 Å². The first kappa shape index (κ1) is 14.7. The van der Waals surface area contributed by atoms with Gasteiger partial charge in [0.2, 0.25) is 0 Å². The van der Waals surface area contributed by atoms with Crippen LogP contribution in [0.25, 0.3) is 0 Å². The minimum atomic E-state index is -0.433. The van der Waals surface area contributed by atoms with Crippen molar-refractivity contribution >= 4 is 27.5 Å². The number of halogens is 2. The van der Waals surface area contributed by atoms with Gasteiger partial charge in [-0.05, 0) is 40.5 Å². The Kier molecular flexibility index (Phi) is 4.51. The van der Waals surface area contributed by atoms with Crippen LogP contribution in [-0.4, -0.2) is 18.2 Å². The first-order valence-electron chi connectivity index (χ1n) is 5.72. The Balaban J connectivity index is 2.16. The molecule has 0 aliphatic rings. The maximum Gasteiger partial charge on any atom is 0.277 e. The third kappa shape index (κ3) is 3.23. The first-order valence-corrected chi connectivity index (χ1v) is 6.52. The number of anilines is 1. The second-order valence-corrected chi connectivity index (χ2v) is 5.00. The Hall–Kier alpha value is -1.73. The van der Waals surface area contributed by atoms with E-state index in [1.54, 1.807) is 6.92 Å². The van der Waals surface area contributed by atoms with Crippen molar-refractivity contribution in [2.45, 2.75) is 13.5 Å². The molecule has 0 fully saturated rings. The lowest BCUT2D eigenvalue weighted by atomic mass is 10.2. The predicted octanol–water partition coefficient (Wildman–Crippen LogP) is 3.28. The molecule has 1 heterocycles. The largest absolute Gasteiger partial charge is 0.377 e. The summed E-state index contributed by atoms with van der Waals surface area (Å²) in [6, 6.07) is 4.32. The van der Waals surface area contributed by atoms with Crippen molar-refractivity contribution in [3.63, 3.8) is 0 Å². The summed E-state index contributed by atoms with van der Waals surface area (Å²) in [6.45, 7) is 1.94. The highest BCUT2D eigenvalue weighted by Gasteiger charge is 2.14. The molecule has 0 unspecified atom stereocenters. The molecule has 0 spiro atoms. The molecule has 0 saturated carbocycles. The van der Waals surface area contributed by atoms with Gasteiger partial charge in [0.1, 0.15) is 12.4 Å². The smallest absolute Gasteiger partial charge is 0.277 e. The molecule has 2 aromatic rings. The number of ether oxygens (including phenoxy) is 1. The van der Waals surface area contributed by atoms with E-state index in [1.807, 2.05) is 0 Å². The van der Waals surface area contributed by atoms with Crippen LogP contribution in [0.4, 0.5) is 10.1 Å². The summed E-state index contributed by atoms with van der Waals surface area (Å²) < 4.78 is 23.4. The van der Waals surface area contributed by atoms with Crippen LogP contribution < -0.4 is 5.32 Å². The lowest BCUT2D eigenvalue weighted by molar-refractivity contribution is 0.101. The van der Waals surface area contributed by atoms with E-state index in [4.69, 9.17) is 9.26 Å². The number of aromatic nitrogens is 1. The average molecular weight is 343 g/mol. The van der Waals surface area contributed by atoms with Crippen molar-refractivity contribution in [2.75, 3.05) is 12.4 Å². The van der Waals surface area contributed by atoms with Crippen molar-refractivity contribution < 1.29 is 18.4 Å². The van der Waals surface area contributed by atoms with E-state index >= 15 is 0 Å². The van der Waals surface area contributed by atoms with Crippen LogP contribution in [0.3, 0.4) is 0 Å². The standard InChI is InChI=1S/C13H12BrFN2O3/c1-7-3-10(15)9(14)5-11(7)16-13(18)12-4-8(6-19-2)20-17-12/h3-5H,6H2,1-2H3,(H,16,18). The number of benzene rings is 1. The molecule has 1 aromatic carbocycles. The quantitative estimate of drug-likeness (QED) is 0.925. The molecular weight excluding hydrogens is 331 g/mol. The van der Waals surface area contributed by atoms with Crippen LogP contribution in [0.5, 0.6) is 0 Å². The molecule has 0 radical (unpaired) electrons. The van der Waals surface area contributed by atoms with Gasteiger partial charge in [0.05, 0.1) is 4.47 Å². The summed E-state index contributed by atoms with van der Waals surface area (Å²) in [5.41, 5.74) is 1.25. The number of carbonyl (C=O) groups is 1. The van der Waals surface area contributed by atoms with Crippen LogP contribution in [0, 0.1) is 12.7 Å². The fourth-order valence-electron chi connectivity index (χ4n) is 1.60. The van der Waals surface area contributed by atoms with Crippen LogP contribution in [-0.2, 0) is 11.3 Å². The van der Waals surface area contributed by atoms with Crippen LogP contribution >= 0.6 is 15.9 Å². The lowest BCUT2D eigenvalue weighted by Gasteiger charge is -2.08. The second kappa shape index (κ2) is 6.15. The highest BCUT2D eigenvalue weighted by Crippen LogP contribution is 2.24. The van der Waals surface area contributed by atoms with E-state index in [0.29, 0.717) is 17.0 Å². The summed E-state index contributed by atoms with van der Waals surface area (Å²) in [5.74, 6) is -0.364. The Morgan fingerprint density at radius 1 is 1.50 bits per heavy atom. The molecule has 1 amide bonds. The summed E-state index contributed by atoms with van der Waals surface area (Å²) in [5, 5.41) is 6.30. The van der Waals surface area contributed by atoms with Crippen LogP contribution in [0.2, 0.25) is 0 Å². The van der Waals surface area contributed by atoms with Gasteiger partial charge < -0.3 is 14.6 Å². The van der Waals surface area contributed by atoms with Gasteiger partial charge in [-0.25, -0.2) is 4.39 Å². The van der Waals surface area contributed by atoms with Crippen molar-refractivity contribution in [2.24, 2.45) is 0 Å². The fraction of sp³-hybridized carbons (Fsp3) is 0.231. The number of carbonyl (C=O) groups excluding carboxylic acids is 1. The van der Waals surface area contributed by atoms with Crippen molar-refractivity contribution in [1.29, 1.82) is 0 Å². The molecule has 2 rings (SSSR count). The molecule has 0 saturated heterocycles. The number of nitrogens with one attached hydrogen (secondary N) is 1. The molecule has 1 aromatic heterocycles. The summed E-state index contributed by atoms with van der Waals surface area (Å²) in [6.07, 6.45) is 0. The summed E-state index contributed by atoms with van der Waals surface area (Å²) in [4.78, 5) is 12.0. The highest BCUT2D eigenvalue weighted by molar-refractivity contribution is 9.10. The minimum absolute atomic E-state index is 0.136. The molecule has 0 bridgehead atoms. The van der Waals surface area contributed by atoms with Crippen molar-refractivity contribution in [1.82, 2.24) is 5.16 Å². The van der Waals surface area contributed by atoms with Gasteiger partial charge in [-0.3, -0.25) is 4.79 Å². The molecule has 20 heavy (non-hydrogen) atoms. The van der Waals surface area contributed by atoms with Gasteiger partial charge in [0.15, 0.2) is 11.5 Å². The summed E-state index contributed by atoms with van der Waals surface area (Å²) >= 11 is 3.07. The van der Waals surface area contributed by atoms with E-state index in [0.717, 1.165) is 0 Å². The number of hydrogen-bond acceptors (Lipinski definition) is 4. The van der Waals surface area contributed by atoms with Crippen molar-refractivity contribution in [3.8, 4) is 0 Å².